The summed E-state index contributed by atoms with van der Waals surface area (Å²) in [5.41, 5.74) is 0.298. The standard InChI is InChI=1S/C17H13F3N2O6S/c18-17(19,20)28-12-4-5-14(27-9-16(23)24)13(8-12)21-15(29)7-10-2-1-3-11(6-10)22(25)26/h1-6,8H,7,9H2,(H,21,29)(H,23,24). The van der Waals surface area contributed by atoms with Crippen LogP contribution in [0.1, 0.15) is 5.56 Å². The van der Waals surface area contributed by atoms with E-state index < -0.39 is 29.6 Å². The molecule has 0 unspecified atom stereocenters. The molecule has 0 spiro atoms. The van der Waals surface area contributed by atoms with Crippen LogP contribution in [0, 0.1) is 10.1 Å². The van der Waals surface area contributed by atoms with Crippen LogP contribution in [-0.4, -0.2) is 34.0 Å². The highest BCUT2D eigenvalue weighted by atomic mass is 32.1. The molecule has 0 aliphatic heterocycles. The lowest BCUT2D eigenvalue weighted by Gasteiger charge is -2.16. The zero-order valence-electron chi connectivity index (χ0n) is 14.4. The van der Waals surface area contributed by atoms with Crippen molar-refractivity contribution in [2.24, 2.45) is 0 Å². The van der Waals surface area contributed by atoms with E-state index in [1.807, 2.05) is 0 Å². The van der Waals surface area contributed by atoms with Crippen LogP contribution in [0.4, 0.5) is 24.5 Å². The van der Waals surface area contributed by atoms with Gasteiger partial charge in [-0.05, 0) is 17.7 Å². The van der Waals surface area contributed by atoms with Crippen molar-refractivity contribution in [1.82, 2.24) is 0 Å². The van der Waals surface area contributed by atoms with Crippen LogP contribution in [0.3, 0.4) is 0 Å². The summed E-state index contributed by atoms with van der Waals surface area (Å²) in [4.78, 5) is 21.1. The van der Waals surface area contributed by atoms with Gasteiger partial charge in [0.25, 0.3) is 5.69 Å². The first-order valence-corrected chi connectivity index (χ1v) is 8.22. The van der Waals surface area contributed by atoms with E-state index in [2.05, 4.69) is 10.1 Å². The van der Waals surface area contributed by atoms with Crippen molar-refractivity contribution in [3.05, 3.63) is 58.1 Å². The number of rotatable bonds is 8. The average molecular weight is 430 g/mol. The number of nitro benzene ring substituents is 1. The molecule has 0 amide bonds. The average Bonchev–Trinajstić information content (AvgIpc) is 2.59. The second-order valence-corrected chi connectivity index (χ2v) is 6.03. The van der Waals surface area contributed by atoms with E-state index in [0.717, 1.165) is 18.2 Å². The monoisotopic (exact) mass is 430 g/mol. The Morgan fingerprint density at radius 2 is 1.97 bits per heavy atom. The van der Waals surface area contributed by atoms with Crippen molar-refractivity contribution in [2.75, 3.05) is 11.9 Å². The molecule has 0 aliphatic rings. The number of carbonyl (C=O) groups is 1. The molecule has 2 aromatic rings. The number of benzene rings is 2. The van der Waals surface area contributed by atoms with Crippen LogP contribution in [-0.2, 0) is 11.2 Å². The normalized spacial score (nSPS) is 10.9. The third kappa shape index (κ3) is 7.25. The molecule has 0 aromatic heterocycles. The molecule has 0 heterocycles. The maximum Gasteiger partial charge on any atom is 0.573 e. The Hall–Kier alpha value is -3.41. The highest BCUT2D eigenvalue weighted by Gasteiger charge is 2.31. The maximum absolute atomic E-state index is 12.4. The summed E-state index contributed by atoms with van der Waals surface area (Å²) in [5, 5.41) is 22.2. The SMILES string of the molecule is O=C(O)COc1ccc(OC(F)(F)F)cc1NC(=S)Cc1cccc([N+](=O)[O-])c1. The topological polar surface area (TPSA) is 111 Å². The Kier molecular flexibility index (Phi) is 6.93. The number of nitrogens with zero attached hydrogens (tertiary/aromatic N) is 1. The first-order chi connectivity index (χ1) is 13.5. The predicted molar refractivity (Wildman–Crippen MR) is 99.3 cm³/mol. The van der Waals surface area contributed by atoms with Crippen LogP contribution in [0.25, 0.3) is 0 Å². The summed E-state index contributed by atoms with van der Waals surface area (Å²) in [6.45, 7) is -0.730. The summed E-state index contributed by atoms with van der Waals surface area (Å²) in [6, 6.07) is 8.67. The van der Waals surface area contributed by atoms with E-state index in [4.69, 9.17) is 22.1 Å². The highest BCUT2D eigenvalue weighted by Crippen LogP contribution is 2.32. The van der Waals surface area contributed by atoms with Crippen molar-refractivity contribution in [2.45, 2.75) is 12.8 Å². The van der Waals surface area contributed by atoms with E-state index in [9.17, 15) is 28.1 Å². The number of carboxylic acid groups (broad SMARTS) is 1. The van der Waals surface area contributed by atoms with E-state index in [1.54, 1.807) is 6.07 Å². The minimum absolute atomic E-state index is 0.0414. The molecule has 12 heteroatoms. The number of non-ortho nitro benzene ring substituents is 1. The number of aliphatic carboxylic acids is 1. The lowest BCUT2D eigenvalue weighted by Crippen LogP contribution is -2.18. The number of carboxylic acids is 1. The molecule has 8 nitrogen and oxygen atoms in total. The predicted octanol–water partition coefficient (Wildman–Crippen LogP) is 3.94. The number of nitrogens with one attached hydrogen (secondary N) is 1. The van der Waals surface area contributed by atoms with Gasteiger partial charge in [-0.3, -0.25) is 10.1 Å². The molecular weight excluding hydrogens is 417 g/mol. The van der Waals surface area contributed by atoms with Crippen LogP contribution < -0.4 is 14.8 Å². The van der Waals surface area contributed by atoms with E-state index in [-0.39, 0.29) is 28.5 Å². The Morgan fingerprint density at radius 3 is 2.59 bits per heavy atom. The summed E-state index contributed by atoms with van der Waals surface area (Å²) in [6.07, 6.45) is -4.88. The Balaban J connectivity index is 2.21. The van der Waals surface area contributed by atoms with Gasteiger partial charge in [0, 0.05) is 24.6 Å². The fraction of sp³-hybridized carbons (Fsp3) is 0.176. The van der Waals surface area contributed by atoms with Gasteiger partial charge in [0.05, 0.1) is 15.6 Å². The minimum atomic E-state index is -4.93. The number of hydrogen-bond donors (Lipinski definition) is 2. The lowest BCUT2D eigenvalue weighted by molar-refractivity contribution is -0.384. The van der Waals surface area contributed by atoms with Gasteiger partial charge in [-0.15, -0.1) is 13.2 Å². The smallest absolute Gasteiger partial charge is 0.480 e. The fourth-order valence-corrected chi connectivity index (χ4v) is 2.51. The molecule has 0 saturated carbocycles. The summed E-state index contributed by atoms with van der Waals surface area (Å²) < 4.78 is 46.2. The van der Waals surface area contributed by atoms with Gasteiger partial charge < -0.3 is 19.9 Å². The Morgan fingerprint density at radius 1 is 1.24 bits per heavy atom. The summed E-state index contributed by atoms with van der Waals surface area (Å²) >= 11 is 5.16. The highest BCUT2D eigenvalue weighted by molar-refractivity contribution is 7.80. The van der Waals surface area contributed by atoms with Crippen LogP contribution in [0.5, 0.6) is 11.5 Å². The fourth-order valence-electron chi connectivity index (χ4n) is 2.23. The zero-order chi connectivity index (χ0) is 21.6. The second kappa shape index (κ2) is 9.19. The van der Waals surface area contributed by atoms with Gasteiger partial charge in [-0.2, -0.15) is 0 Å². The summed E-state index contributed by atoms with van der Waals surface area (Å²) in [7, 11) is 0. The van der Waals surface area contributed by atoms with Crippen molar-refractivity contribution in [1.29, 1.82) is 0 Å². The molecule has 29 heavy (non-hydrogen) atoms. The summed E-state index contributed by atoms with van der Waals surface area (Å²) in [5.74, 6) is -1.92. The molecular formula is C17H13F3N2O6S. The van der Waals surface area contributed by atoms with Crippen LogP contribution in [0.15, 0.2) is 42.5 Å². The number of thiocarbonyl (C=S) groups is 1. The number of halogens is 3. The molecule has 0 aliphatic carbocycles. The minimum Gasteiger partial charge on any atom is -0.480 e. The van der Waals surface area contributed by atoms with E-state index >= 15 is 0 Å². The third-order valence-electron chi connectivity index (χ3n) is 3.30. The van der Waals surface area contributed by atoms with Gasteiger partial charge in [-0.1, -0.05) is 24.4 Å². The molecule has 2 N–H and O–H groups in total. The lowest BCUT2D eigenvalue weighted by atomic mass is 10.1. The van der Waals surface area contributed by atoms with Gasteiger partial charge >= 0.3 is 12.3 Å². The van der Waals surface area contributed by atoms with Crippen molar-refractivity contribution in [3.8, 4) is 11.5 Å². The van der Waals surface area contributed by atoms with E-state index in [0.29, 0.717) is 5.56 Å². The number of hydrogen-bond acceptors (Lipinski definition) is 6. The van der Waals surface area contributed by atoms with Gasteiger partial charge in [0.1, 0.15) is 11.5 Å². The van der Waals surface area contributed by atoms with Crippen molar-refractivity contribution >= 4 is 34.6 Å². The molecule has 2 aromatic carbocycles. The number of alkyl halides is 3. The Labute approximate surface area is 167 Å². The van der Waals surface area contributed by atoms with Crippen LogP contribution in [0.2, 0.25) is 0 Å². The van der Waals surface area contributed by atoms with Crippen LogP contribution >= 0.6 is 12.2 Å². The van der Waals surface area contributed by atoms with Gasteiger partial charge in [-0.25, -0.2) is 4.79 Å². The van der Waals surface area contributed by atoms with E-state index in [1.165, 1.54) is 18.2 Å². The first kappa shape index (κ1) is 21.9. The molecule has 0 bridgehead atoms. The third-order valence-corrected chi connectivity index (χ3v) is 3.54. The first-order valence-electron chi connectivity index (χ1n) is 7.81. The molecule has 2 rings (SSSR count). The van der Waals surface area contributed by atoms with Gasteiger partial charge in [0.2, 0.25) is 0 Å². The zero-order valence-corrected chi connectivity index (χ0v) is 15.2. The quantitative estimate of drug-likeness (QED) is 0.368. The largest absolute Gasteiger partial charge is 0.573 e. The number of ether oxygens (including phenoxy) is 2. The molecule has 0 radical (unpaired) electrons. The molecule has 154 valence electrons. The molecule has 0 atom stereocenters. The number of anilines is 1. The van der Waals surface area contributed by atoms with Gasteiger partial charge in [0.15, 0.2) is 6.61 Å². The maximum atomic E-state index is 12.4. The van der Waals surface area contributed by atoms with Crippen molar-refractivity contribution in [3.63, 3.8) is 0 Å². The Bertz CT molecular complexity index is 936. The van der Waals surface area contributed by atoms with Crippen molar-refractivity contribution < 1.29 is 37.5 Å². The number of nitro groups is 1. The molecule has 0 saturated heterocycles. The second-order valence-electron chi connectivity index (χ2n) is 5.54. The molecule has 0 fully saturated rings.